The number of halogens is 1. The molecule has 28 heavy (non-hydrogen) atoms. The number of benzene rings is 2. The molecule has 0 aliphatic rings. The number of rotatable bonds is 7. The SMILES string of the molecule is CC(C)c1ccc(S(=O)(=O)Nc2ccc(NCc3ccccc3F)nc2)cc1. The Morgan fingerprint density at radius 1 is 1.00 bits per heavy atom. The Hall–Kier alpha value is -2.93. The molecule has 2 aromatic carbocycles. The van der Waals surface area contributed by atoms with Crippen LogP contribution in [0.2, 0.25) is 0 Å². The predicted molar refractivity (Wildman–Crippen MR) is 109 cm³/mol. The molecule has 3 aromatic rings. The molecule has 0 radical (unpaired) electrons. The monoisotopic (exact) mass is 399 g/mol. The standard InChI is InChI=1S/C21H22FN3O2S/c1-15(2)16-7-10-19(11-8-16)28(26,27)25-18-9-12-21(24-14-18)23-13-17-5-3-4-6-20(17)22/h3-12,14-15,25H,13H2,1-2H3,(H,23,24). The van der Waals surface area contributed by atoms with E-state index < -0.39 is 10.0 Å². The van der Waals surface area contributed by atoms with Crippen LogP contribution < -0.4 is 10.0 Å². The number of hydrogen-bond donors (Lipinski definition) is 2. The number of hydrogen-bond acceptors (Lipinski definition) is 4. The van der Waals surface area contributed by atoms with E-state index in [1.807, 2.05) is 12.1 Å². The molecule has 0 fully saturated rings. The average Bonchev–Trinajstić information content (AvgIpc) is 2.68. The van der Waals surface area contributed by atoms with Crippen molar-refractivity contribution in [2.24, 2.45) is 0 Å². The van der Waals surface area contributed by atoms with Gasteiger partial charge in [0.15, 0.2) is 0 Å². The fraction of sp³-hybridized carbons (Fsp3) is 0.190. The maximum atomic E-state index is 13.6. The first kappa shape index (κ1) is 19.8. The van der Waals surface area contributed by atoms with Crippen LogP contribution in [0.15, 0.2) is 71.8 Å². The Labute approximate surface area is 164 Å². The van der Waals surface area contributed by atoms with E-state index in [0.29, 0.717) is 23.0 Å². The highest BCUT2D eigenvalue weighted by molar-refractivity contribution is 7.92. The van der Waals surface area contributed by atoms with E-state index in [1.54, 1.807) is 42.5 Å². The smallest absolute Gasteiger partial charge is 0.261 e. The van der Waals surface area contributed by atoms with Crippen molar-refractivity contribution >= 4 is 21.5 Å². The van der Waals surface area contributed by atoms with Crippen LogP contribution in [-0.4, -0.2) is 13.4 Å². The summed E-state index contributed by atoms with van der Waals surface area (Å²) in [4.78, 5) is 4.37. The lowest BCUT2D eigenvalue weighted by Gasteiger charge is -2.11. The number of nitrogens with zero attached hydrogens (tertiary/aromatic N) is 1. The first-order chi connectivity index (χ1) is 13.3. The van der Waals surface area contributed by atoms with Crippen molar-refractivity contribution in [2.45, 2.75) is 31.2 Å². The molecule has 7 heteroatoms. The second-order valence-electron chi connectivity index (χ2n) is 6.71. The van der Waals surface area contributed by atoms with Gasteiger partial charge in [-0.1, -0.05) is 44.2 Å². The van der Waals surface area contributed by atoms with Crippen molar-refractivity contribution in [3.05, 3.63) is 83.8 Å². The van der Waals surface area contributed by atoms with Gasteiger partial charge in [-0.3, -0.25) is 4.72 Å². The number of sulfonamides is 1. The van der Waals surface area contributed by atoms with E-state index in [0.717, 1.165) is 5.56 Å². The zero-order valence-corrected chi connectivity index (χ0v) is 16.5. The minimum absolute atomic E-state index is 0.193. The first-order valence-corrected chi connectivity index (χ1v) is 10.4. The van der Waals surface area contributed by atoms with E-state index in [9.17, 15) is 12.8 Å². The Balaban J connectivity index is 1.65. The van der Waals surface area contributed by atoms with Crippen LogP contribution in [0.3, 0.4) is 0 Å². The van der Waals surface area contributed by atoms with Gasteiger partial charge in [-0.05, 0) is 41.8 Å². The molecule has 0 spiro atoms. The van der Waals surface area contributed by atoms with Gasteiger partial charge in [0.2, 0.25) is 0 Å². The summed E-state index contributed by atoms with van der Waals surface area (Å²) in [5, 5.41) is 3.01. The molecule has 0 bridgehead atoms. The normalized spacial score (nSPS) is 11.4. The Bertz CT molecular complexity index is 1030. The second kappa shape index (κ2) is 8.39. The molecule has 3 rings (SSSR count). The van der Waals surface area contributed by atoms with Crippen molar-refractivity contribution < 1.29 is 12.8 Å². The highest BCUT2D eigenvalue weighted by atomic mass is 32.2. The van der Waals surface area contributed by atoms with Crippen LogP contribution in [0.1, 0.15) is 30.9 Å². The van der Waals surface area contributed by atoms with Crippen molar-refractivity contribution in [3.63, 3.8) is 0 Å². The summed E-state index contributed by atoms with van der Waals surface area (Å²) in [6, 6.07) is 16.5. The van der Waals surface area contributed by atoms with Crippen molar-refractivity contribution in [1.29, 1.82) is 0 Å². The van der Waals surface area contributed by atoms with Crippen molar-refractivity contribution in [2.75, 3.05) is 10.0 Å². The van der Waals surface area contributed by atoms with E-state index in [4.69, 9.17) is 0 Å². The van der Waals surface area contributed by atoms with Crippen LogP contribution in [0, 0.1) is 5.82 Å². The predicted octanol–water partition coefficient (Wildman–Crippen LogP) is 4.76. The van der Waals surface area contributed by atoms with Crippen LogP contribution in [0.5, 0.6) is 0 Å². The van der Waals surface area contributed by atoms with Gasteiger partial charge in [0.1, 0.15) is 11.6 Å². The van der Waals surface area contributed by atoms with E-state index in [-0.39, 0.29) is 17.3 Å². The van der Waals surface area contributed by atoms with Gasteiger partial charge in [-0.25, -0.2) is 17.8 Å². The summed E-state index contributed by atoms with van der Waals surface area (Å²) in [5.74, 6) is 0.564. The summed E-state index contributed by atoms with van der Waals surface area (Å²) in [6.07, 6.45) is 1.42. The summed E-state index contributed by atoms with van der Waals surface area (Å²) in [6.45, 7) is 4.39. The molecule has 0 saturated carbocycles. The third-order valence-electron chi connectivity index (χ3n) is 4.29. The molecule has 1 heterocycles. The van der Waals surface area contributed by atoms with Gasteiger partial charge >= 0.3 is 0 Å². The molecule has 1 aromatic heterocycles. The van der Waals surface area contributed by atoms with E-state index in [1.165, 1.54) is 12.3 Å². The minimum atomic E-state index is -3.69. The van der Waals surface area contributed by atoms with Gasteiger partial charge in [0.05, 0.1) is 16.8 Å². The second-order valence-corrected chi connectivity index (χ2v) is 8.39. The molecule has 0 aliphatic carbocycles. The Morgan fingerprint density at radius 3 is 2.32 bits per heavy atom. The van der Waals surface area contributed by atoms with Crippen LogP contribution in [-0.2, 0) is 16.6 Å². The van der Waals surface area contributed by atoms with Crippen LogP contribution in [0.4, 0.5) is 15.9 Å². The fourth-order valence-corrected chi connectivity index (χ4v) is 3.68. The average molecular weight is 399 g/mol. The van der Waals surface area contributed by atoms with Gasteiger partial charge in [0.25, 0.3) is 10.0 Å². The molecular weight excluding hydrogens is 377 g/mol. The molecule has 146 valence electrons. The largest absolute Gasteiger partial charge is 0.366 e. The first-order valence-electron chi connectivity index (χ1n) is 8.91. The van der Waals surface area contributed by atoms with Crippen molar-refractivity contribution in [3.8, 4) is 0 Å². The van der Waals surface area contributed by atoms with Gasteiger partial charge in [-0.2, -0.15) is 0 Å². The molecule has 0 saturated heterocycles. The van der Waals surface area contributed by atoms with E-state index in [2.05, 4.69) is 28.9 Å². The topological polar surface area (TPSA) is 71.1 Å². The summed E-state index contributed by atoms with van der Waals surface area (Å²) in [5.41, 5.74) is 1.95. The zero-order valence-electron chi connectivity index (χ0n) is 15.7. The number of aromatic nitrogens is 1. The number of nitrogens with one attached hydrogen (secondary N) is 2. The molecule has 0 atom stereocenters. The lowest BCUT2D eigenvalue weighted by Crippen LogP contribution is -2.13. The molecule has 2 N–H and O–H groups in total. The quantitative estimate of drug-likeness (QED) is 0.601. The Morgan fingerprint density at radius 2 is 1.71 bits per heavy atom. The molecule has 0 aliphatic heterocycles. The molecule has 5 nitrogen and oxygen atoms in total. The highest BCUT2D eigenvalue weighted by Gasteiger charge is 2.14. The number of pyridine rings is 1. The van der Waals surface area contributed by atoms with Crippen LogP contribution >= 0.6 is 0 Å². The van der Waals surface area contributed by atoms with Gasteiger partial charge in [0, 0.05) is 12.1 Å². The van der Waals surface area contributed by atoms with Gasteiger partial charge in [-0.15, -0.1) is 0 Å². The highest BCUT2D eigenvalue weighted by Crippen LogP contribution is 2.20. The maximum Gasteiger partial charge on any atom is 0.261 e. The fourth-order valence-electron chi connectivity index (χ4n) is 2.63. The molecule has 0 unspecified atom stereocenters. The summed E-state index contributed by atoms with van der Waals surface area (Å²) >= 11 is 0. The van der Waals surface area contributed by atoms with Crippen molar-refractivity contribution in [1.82, 2.24) is 4.98 Å². The minimum Gasteiger partial charge on any atom is -0.366 e. The summed E-state index contributed by atoms with van der Waals surface area (Å²) in [7, 11) is -3.69. The molecule has 0 amide bonds. The molecular formula is C21H22FN3O2S. The lowest BCUT2D eigenvalue weighted by molar-refractivity contribution is 0.601. The number of anilines is 2. The van der Waals surface area contributed by atoms with E-state index >= 15 is 0 Å². The third kappa shape index (κ3) is 4.86. The maximum absolute atomic E-state index is 13.6. The van der Waals surface area contributed by atoms with Crippen LogP contribution in [0.25, 0.3) is 0 Å². The zero-order chi connectivity index (χ0) is 20.1. The third-order valence-corrected chi connectivity index (χ3v) is 5.69. The lowest BCUT2D eigenvalue weighted by atomic mass is 10.0. The summed E-state index contributed by atoms with van der Waals surface area (Å²) < 4.78 is 41.2. The Kier molecular flexibility index (Phi) is 5.94. The van der Waals surface area contributed by atoms with Gasteiger partial charge < -0.3 is 5.32 Å².